The van der Waals surface area contributed by atoms with Gasteiger partial charge in [0.25, 0.3) is 0 Å². The van der Waals surface area contributed by atoms with Crippen LogP contribution >= 0.6 is 0 Å². The Balaban J connectivity index is 1.93. The highest BCUT2D eigenvalue weighted by Crippen LogP contribution is 2.56. The lowest BCUT2D eigenvalue weighted by molar-refractivity contribution is -0.115. The van der Waals surface area contributed by atoms with Crippen LogP contribution in [-0.4, -0.2) is 18.9 Å². The van der Waals surface area contributed by atoms with E-state index in [2.05, 4.69) is 0 Å². The molecule has 5 rings (SSSR count). The average molecular weight is 346 g/mol. The second-order valence-electron chi connectivity index (χ2n) is 6.37. The zero-order valence-corrected chi connectivity index (χ0v) is 13.9. The zero-order valence-electron chi connectivity index (χ0n) is 13.9. The monoisotopic (exact) mass is 346 g/mol. The number of carbonyl (C=O) groups excluding carboxylic acids is 2. The highest BCUT2D eigenvalue weighted by Gasteiger charge is 2.57. The van der Waals surface area contributed by atoms with Crippen LogP contribution in [-0.2, 0) is 19.9 Å². The lowest BCUT2D eigenvalue weighted by Gasteiger charge is -2.40. The Hall–Kier alpha value is -3.34. The third-order valence-electron chi connectivity index (χ3n) is 5.01. The summed E-state index contributed by atoms with van der Waals surface area (Å²) in [6.07, 6.45) is 1.55. The Kier molecular flexibility index (Phi) is 2.92. The number of methoxy groups -OCH3 is 1. The van der Waals surface area contributed by atoms with Gasteiger partial charge < -0.3 is 14.2 Å². The molecule has 2 heterocycles. The summed E-state index contributed by atoms with van der Waals surface area (Å²) in [5.41, 5.74) is 1.35. The van der Waals surface area contributed by atoms with Gasteiger partial charge in [0, 0.05) is 17.2 Å². The minimum atomic E-state index is -1.18. The van der Waals surface area contributed by atoms with Crippen molar-refractivity contribution in [3.8, 4) is 5.75 Å². The second kappa shape index (κ2) is 5.08. The fraction of sp³-hybridized carbons (Fsp3) is 0.143. The molecule has 3 aliphatic rings. The lowest BCUT2D eigenvalue weighted by Crippen LogP contribution is -2.39. The van der Waals surface area contributed by atoms with Crippen molar-refractivity contribution in [2.45, 2.75) is 12.0 Å². The number of carbonyl (C=O) groups is 2. The van der Waals surface area contributed by atoms with Crippen molar-refractivity contribution in [1.29, 1.82) is 0 Å². The van der Waals surface area contributed by atoms with E-state index in [-0.39, 0.29) is 12.2 Å². The van der Waals surface area contributed by atoms with E-state index in [1.807, 2.05) is 30.3 Å². The van der Waals surface area contributed by atoms with E-state index < -0.39 is 11.6 Å². The Morgan fingerprint density at radius 1 is 1.00 bits per heavy atom. The van der Waals surface area contributed by atoms with E-state index in [0.29, 0.717) is 34.0 Å². The number of fused-ring (bicyclic) bond motifs is 6. The molecule has 128 valence electrons. The van der Waals surface area contributed by atoms with Gasteiger partial charge in [0.2, 0.25) is 0 Å². The first-order chi connectivity index (χ1) is 12.6. The molecule has 1 spiro atoms. The average Bonchev–Trinajstić information content (AvgIpc) is 2.94. The topological polar surface area (TPSA) is 61.8 Å². The molecule has 0 N–H and O–H groups in total. The Bertz CT molecular complexity index is 1050. The molecule has 0 fully saturated rings. The van der Waals surface area contributed by atoms with Crippen molar-refractivity contribution in [1.82, 2.24) is 0 Å². The molecule has 26 heavy (non-hydrogen) atoms. The van der Waals surface area contributed by atoms with Crippen molar-refractivity contribution in [3.05, 3.63) is 88.4 Å². The maximum absolute atomic E-state index is 12.7. The SMILES string of the molecule is COC1=C2C(=CC(=O)C1)Oc1ccccc1C21OC(=O)c2ccccc21. The zero-order chi connectivity index (χ0) is 17.9. The van der Waals surface area contributed by atoms with Gasteiger partial charge in [0.1, 0.15) is 17.3 Å². The number of ether oxygens (including phenoxy) is 3. The quantitative estimate of drug-likeness (QED) is 0.742. The summed E-state index contributed by atoms with van der Waals surface area (Å²) in [7, 11) is 1.51. The highest BCUT2D eigenvalue weighted by molar-refractivity contribution is 5.99. The standard InChI is InChI=1S/C21H14O5/c1-24-17-10-12(22)11-18-19(17)21(15-8-4-5-9-16(15)25-18)14-7-3-2-6-13(14)20(23)26-21/h2-9,11H,10H2,1H3. The molecule has 2 aromatic carbocycles. The van der Waals surface area contributed by atoms with Crippen LogP contribution < -0.4 is 4.74 Å². The number of esters is 1. The molecule has 0 bridgehead atoms. The predicted octanol–water partition coefficient (Wildman–Crippen LogP) is 3.25. The molecule has 0 radical (unpaired) electrons. The van der Waals surface area contributed by atoms with E-state index in [1.165, 1.54) is 13.2 Å². The number of allylic oxidation sites excluding steroid dienone is 2. The molecule has 1 unspecified atom stereocenters. The minimum absolute atomic E-state index is 0.0995. The third-order valence-corrected chi connectivity index (χ3v) is 5.01. The number of para-hydroxylation sites is 1. The number of rotatable bonds is 1. The van der Waals surface area contributed by atoms with Crippen molar-refractivity contribution >= 4 is 11.8 Å². The van der Waals surface area contributed by atoms with Crippen LogP contribution in [0.3, 0.4) is 0 Å². The van der Waals surface area contributed by atoms with Gasteiger partial charge in [-0.3, -0.25) is 4.79 Å². The summed E-state index contributed by atoms with van der Waals surface area (Å²) in [5, 5.41) is 0. The summed E-state index contributed by atoms with van der Waals surface area (Å²) in [6, 6.07) is 14.7. The van der Waals surface area contributed by atoms with Gasteiger partial charge in [-0.25, -0.2) is 4.79 Å². The fourth-order valence-electron chi connectivity index (χ4n) is 3.98. The highest BCUT2D eigenvalue weighted by atomic mass is 16.6. The van der Waals surface area contributed by atoms with E-state index >= 15 is 0 Å². The molecule has 1 atom stereocenters. The van der Waals surface area contributed by atoms with Crippen molar-refractivity contribution in [2.24, 2.45) is 0 Å². The van der Waals surface area contributed by atoms with E-state index in [4.69, 9.17) is 14.2 Å². The maximum atomic E-state index is 12.7. The largest absolute Gasteiger partial charge is 0.500 e. The molecule has 0 amide bonds. The van der Waals surface area contributed by atoms with Crippen LogP contribution in [0, 0.1) is 0 Å². The van der Waals surface area contributed by atoms with Crippen molar-refractivity contribution in [2.75, 3.05) is 7.11 Å². The first-order valence-corrected chi connectivity index (χ1v) is 8.28. The molecule has 0 saturated carbocycles. The molecule has 2 aliphatic heterocycles. The Morgan fingerprint density at radius 3 is 2.54 bits per heavy atom. The summed E-state index contributed by atoms with van der Waals surface area (Å²) >= 11 is 0. The van der Waals surface area contributed by atoms with Crippen LogP contribution in [0.4, 0.5) is 0 Å². The van der Waals surface area contributed by atoms with Crippen LogP contribution in [0.15, 0.2) is 71.7 Å². The van der Waals surface area contributed by atoms with Crippen LogP contribution in [0.2, 0.25) is 0 Å². The van der Waals surface area contributed by atoms with Crippen LogP contribution in [0.25, 0.3) is 0 Å². The normalized spacial score (nSPS) is 22.9. The van der Waals surface area contributed by atoms with Gasteiger partial charge in [-0.2, -0.15) is 0 Å². The number of hydrogen-bond acceptors (Lipinski definition) is 5. The molecule has 0 aromatic heterocycles. The molecular weight excluding hydrogens is 332 g/mol. The summed E-state index contributed by atoms with van der Waals surface area (Å²) in [5.74, 6) is 0.842. The van der Waals surface area contributed by atoms with Crippen LogP contribution in [0.1, 0.15) is 27.9 Å². The van der Waals surface area contributed by atoms with Gasteiger partial charge in [0.05, 0.1) is 24.7 Å². The Morgan fingerprint density at radius 2 is 1.73 bits per heavy atom. The van der Waals surface area contributed by atoms with E-state index in [0.717, 1.165) is 5.56 Å². The van der Waals surface area contributed by atoms with Gasteiger partial charge in [-0.05, 0) is 12.1 Å². The predicted molar refractivity (Wildman–Crippen MR) is 91.4 cm³/mol. The van der Waals surface area contributed by atoms with Gasteiger partial charge in [0.15, 0.2) is 11.4 Å². The minimum Gasteiger partial charge on any atom is -0.500 e. The smallest absolute Gasteiger partial charge is 0.340 e. The van der Waals surface area contributed by atoms with Gasteiger partial charge in [-0.1, -0.05) is 36.4 Å². The molecule has 5 heteroatoms. The molecule has 5 nitrogen and oxygen atoms in total. The molecule has 2 aromatic rings. The lowest BCUT2D eigenvalue weighted by atomic mass is 9.74. The van der Waals surface area contributed by atoms with Gasteiger partial charge >= 0.3 is 5.97 Å². The molecule has 0 saturated heterocycles. The van der Waals surface area contributed by atoms with Crippen LogP contribution in [0.5, 0.6) is 5.75 Å². The summed E-state index contributed by atoms with van der Waals surface area (Å²) in [6.45, 7) is 0. The summed E-state index contributed by atoms with van der Waals surface area (Å²) in [4.78, 5) is 24.8. The molecular formula is C21H14O5. The third kappa shape index (κ3) is 1.74. The van der Waals surface area contributed by atoms with E-state index in [9.17, 15) is 9.59 Å². The maximum Gasteiger partial charge on any atom is 0.340 e. The van der Waals surface area contributed by atoms with E-state index in [1.54, 1.807) is 18.2 Å². The van der Waals surface area contributed by atoms with Gasteiger partial charge in [-0.15, -0.1) is 0 Å². The first-order valence-electron chi connectivity index (χ1n) is 8.28. The fourth-order valence-corrected chi connectivity index (χ4v) is 3.98. The second-order valence-corrected chi connectivity index (χ2v) is 6.37. The number of hydrogen-bond donors (Lipinski definition) is 0. The number of benzene rings is 2. The summed E-state index contributed by atoms with van der Waals surface area (Å²) < 4.78 is 17.5. The Labute approximate surface area is 149 Å². The van der Waals surface area contributed by atoms with Crippen molar-refractivity contribution < 1.29 is 23.8 Å². The first kappa shape index (κ1) is 15.0. The molecule has 1 aliphatic carbocycles. The number of ketones is 1. The van der Waals surface area contributed by atoms with Crippen molar-refractivity contribution in [3.63, 3.8) is 0 Å².